The van der Waals surface area contributed by atoms with Gasteiger partial charge in [-0.3, -0.25) is 14.4 Å². The molecule has 2 aromatic rings. The maximum Gasteiger partial charge on any atom is 0.490 e. The molecule has 0 aliphatic carbocycles. The summed E-state index contributed by atoms with van der Waals surface area (Å²) in [5.74, 6) is -3.93. The zero-order valence-electron chi connectivity index (χ0n) is 22.9. The van der Waals surface area contributed by atoms with Crippen LogP contribution in [0.25, 0.3) is 0 Å². The predicted molar refractivity (Wildman–Crippen MR) is 146 cm³/mol. The molecule has 1 fully saturated rings. The van der Waals surface area contributed by atoms with Gasteiger partial charge in [-0.1, -0.05) is 6.07 Å². The van der Waals surface area contributed by atoms with Crippen LogP contribution >= 0.6 is 0 Å². The first-order chi connectivity index (χ1) is 18.9. The van der Waals surface area contributed by atoms with Gasteiger partial charge in [-0.15, -0.1) is 0 Å². The van der Waals surface area contributed by atoms with Gasteiger partial charge in [0, 0.05) is 32.2 Å². The molecule has 0 aromatic heterocycles. The first-order valence-electron chi connectivity index (χ1n) is 12.4. The number of benzene rings is 2. The van der Waals surface area contributed by atoms with Gasteiger partial charge in [0.25, 0.3) is 10.0 Å². The number of nitrogens with zero attached hydrogens (tertiary/aromatic N) is 2. The second kappa shape index (κ2) is 13.7. The van der Waals surface area contributed by atoms with E-state index in [-0.39, 0.29) is 28.1 Å². The number of halogens is 3. The van der Waals surface area contributed by atoms with Crippen LogP contribution < -0.4 is 14.9 Å². The third-order valence-electron chi connectivity index (χ3n) is 6.05. The third-order valence-corrected chi connectivity index (χ3v) is 7.41. The fourth-order valence-corrected chi connectivity index (χ4v) is 4.98. The van der Waals surface area contributed by atoms with Gasteiger partial charge in [-0.2, -0.15) is 13.2 Å². The summed E-state index contributed by atoms with van der Waals surface area (Å²) < 4.78 is 60.6. The fraction of sp³-hybridized carbons (Fsp3) is 0.423. The molecular weight excluding hydrogens is 569 g/mol. The monoisotopic (exact) mass is 602 g/mol. The van der Waals surface area contributed by atoms with E-state index in [4.69, 9.17) is 9.90 Å². The number of carbonyl (C=O) groups excluding carboxylic acids is 1. The summed E-state index contributed by atoms with van der Waals surface area (Å²) in [6, 6.07) is 9.39. The molecule has 0 atom stereocenters. The van der Waals surface area contributed by atoms with E-state index in [0.29, 0.717) is 38.4 Å². The van der Waals surface area contributed by atoms with Gasteiger partial charge in [-0.25, -0.2) is 18.0 Å². The number of carbonyl (C=O) groups is 3. The summed E-state index contributed by atoms with van der Waals surface area (Å²) in [5, 5.41) is 19.4. The predicted octanol–water partition coefficient (Wildman–Crippen LogP) is 3.08. The van der Waals surface area contributed by atoms with Crippen LogP contribution in [0.15, 0.2) is 41.3 Å². The number of hydrogen-bond acceptors (Lipinski definition) is 7. The number of sulfonamides is 1. The molecule has 15 heteroatoms. The largest absolute Gasteiger partial charge is 0.490 e. The number of amides is 1. The Morgan fingerprint density at radius 2 is 1.54 bits per heavy atom. The van der Waals surface area contributed by atoms with Crippen LogP contribution in [0.1, 0.15) is 35.3 Å². The Kier molecular flexibility index (Phi) is 11.1. The van der Waals surface area contributed by atoms with Crippen LogP contribution in [-0.2, 0) is 19.6 Å². The van der Waals surface area contributed by atoms with Crippen LogP contribution in [0.4, 0.5) is 24.5 Å². The fourth-order valence-electron chi connectivity index (χ4n) is 3.83. The third kappa shape index (κ3) is 9.93. The van der Waals surface area contributed by atoms with Gasteiger partial charge < -0.3 is 20.4 Å². The van der Waals surface area contributed by atoms with E-state index in [1.54, 1.807) is 18.2 Å². The quantitative estimate of drug-likeness (QED) is 0.357. The average molecular weight is 603 g/mol. The number of aliphatic carboxylic acids is 1. The first kappa shape index (κ1) is 33.4. The van der Waals surface area contributed by atoms with Crippen molar-refractivity contribution < 1.29 is 46.2 Å². The molecule has 1 aliphatic rings. The molecule has 1 amide bonds. The van der Waals surface area contributed by atoms with Crippen molar-refractivity contribution >= 4 is 39.2 Å². The van der Waals surface area contributed by atoms with Gasteiger partial charge in [0.15, 0.2) is 0 Å². The minimum Gasteiger partial charge on any atom is -0.478 e. The molecule has 1 heterocycles. The maximum absolute atomic E-state index is 13.1. The van der Waals surface area contributed by atoms with E-state index in [1.165, 1.54) is 18.2 Å². The molecule has 11 nitrogen and oxygen atoms in total. The van der Waals surface area contributed by atoms with Crippen molar-refractivity contribution in [1.29, 1.82) is 0 Å². The van der Waals surface area contributed by atoms with E-state index in [2.05, 4.69) is 10.0 Å². The minimum atomic E-state index is -5.08. The van der Waals surface area contributed by atoms with Gasteiger partial charge in [-0.05, 0) is 69.2 Å². The van der Waals surface area contributed by atoms with Gasteiger partial charge in [0.1, 0.15) is 0 Å². The summed E-state index contributed by atoms with van der Waals surface area (Å²) in [6.07, 6.45) is -5.08. The highest BCUT2D eigenvalue weighted by Gasteiger charge is 2.38. The number of alkyl halides is 3. The Morgan fingerprint density at radius 1 is 0.951 bits per heavy atom. The Bertz CT molecular complexity index is 1370. The molecule has 0 spiro atoms. The SMILES string of the molecule is Cc1ccc(S(=O)(=O)Nc2cc(C(=O)O)ccc2N2CCN(CC(=O)NC(C)C)CC2)cc1C.O=C(O)C(F)(F)F. The molecule has 0 unspecified atom stereocenters. The van der Waals surface area contributed by atoms with E-state index in [9.17, 15) is 36.3 Å². The molecule has 226 valence electrons. The number of piperazine rings is 1. The Balaban J connectivity index is 0.000000745. The highest BCUT2D eigenvalue weighted by Crippen LogP contribution is 2.31. The van der Waals surface area contributed by atoms with E-state index < -0.39 is 28.1 Å². The summed E-state index contributed by atoms with van der Waals surface area (Å²) in [6.45, 7) is 10.3. The summed E-state index contributed by atoms with van der Waals surface area (Å²) in [5.41, 5.74) is 2.63. The normalized spacial score (nSPS) is 14.2. The van der Waals surface area contributed by atoms with Crippen molar-refractivity contribution in [3.8, 4) is 0 Å². The van der Waals surface area contributed by atoms with E-state index in [0.717, 1.165) is 11.1 Å². The number of anilines is 2. The number of carboxylic acids is 2. The lowest BCUT2D eigenvalue weighted by atomic mass is 10.1. The zero-order chi connectivity index (χ0) is 31.1. The number of hydrogen-bond donors (Lipinski definition) is 4. The number of rotatable bonds is 8. The number of aromatic carboxylic acids is 1. The van der Waals surface area contributed by atoms with E-state index >= 15 is 0 Å². The van der Waals surface area contributed by atoms with Crippen molar-refractivity contribution in [1.82, 2.24) is 10.2 Å². The molecule has 1 aliphatic heterocycles. The van der Waals surface area contributed by atoms with Crippen molar-refractivity contribution in [2.45, 2.75) is 44.8 Å². The number of aryl methyl sites for hydroxylation is 2. The molecule has 2 aromatic carbocycles. The Morgan fingerprint density at radius 3 is 2.02 bits per heavy atom. The van der Waals surface area contributed by atoms with Crippen LogP contribution in [0.3, 0.4) is 0 Å². The molecule has 0 bridgehead atoms. The highest BCUT2D eigenvalue weighted by atomic mass is 32.2. The van der Waals surface area contributed by atoms with E-state index in [1.807, 2.05) is 37.5 Å². The second-order valence-electron chi connectivity index (χ2n) is 9.68. The number of nitrogens with one attached hydrogen (secondary N) is 2. The lowest BCUT2D eigenvalue weighted by Gasteiger charge is -2.36. The molecule has 3 rings (SSSR count). The van der Waals surface area contributed by atoms with Crippen LogP contribution in [0.5, 0.6) is 0 Å². The lowest BCUT2D eigenvalue weighted by molar-refractivity contribution is -0.192. The maximum atomic E-state index is 13.1. The zero-order valence-corrected chi connectivity index (χ0v) is 23.8. The Hall–Kier alpha value is -3.85. The first-order valence-corrected chi connectivity index (χ1v) is 13.9. The molecule has 0 saturated carbocycles. The number of carboxylic acid groups (broad SMARTS) is 2. The molecular formula is C26H33F3N4O7S. The standard InChI is InChI=1S/C24H32N4O5S.C2HF3O2/c1-16(2)25-23(29)15-27-9-11-28(12-10-27)22-8-6-19(24(30)31)14-21(22)26-34(32,33)20-7-5-17(3)18(4)13-20;3-2(4,5)1(6)7/h5-8,13-14,16,26H,9-12,15H2,1-4H3,(H,25,29)(H,30,31);(H,6,7). The highest BCUT2D eigenvalue weighted by molar-refractivity contribution is 7.92. The molecule has 41 heavy (non-hydrogen) atoms. The molecule has 1 saturated heterocycles. The van der Waals surface area contributed by atoms with Crippen molar-refractivity contribution in [3.63, 3.8) is 0 Å². The van der Waals surface area contributed by atoms with Crippen molar-refractivity contribution in [2.75, 3.05) is 42.3 Å². The van der Waals surface area contributed by atoms with Crippen LogP contribution in [0.2, 0.25) is 0 Å². The van der Waals surface area contributed by atoms with Crippen LogP contribution in [0, 0.1) is 13.8 Å². The van der Waals surface area contributed by atoms with Gasteiger partial charge in [0.05, 0.1) is 28.4 Å². The summed E-state index contributed by atoms with van der Waals surface area (Å²) in [7, 11) is -3.93. The second-order valence-corrected chi connectivity index (χ2v) is 11.4. The Labute approximate surface area is 236 Å². The summed E-state index contributed by atoms with van der Waals surface area (Å²) >= 11 is 0. The minimum absolute atomic E-state index is 0.00877. The van der Waals surface area contributed by atoms with Crippen molar-refractivity contribution in [2.24, 2.45) is 0 Å². The van der Waals surface area contributed by atoms with Gasteiger partial charge in [0.2, 0.25) is 5.91 Å². The average Bonchev–Trinajstić information content (AvgIpc) is 2.85. The van der Waals surface area contributed by atoms with Crippen LogP contribution in [-0.4, -0.2) is 86.3 Å². The molecule has 0 radical (unpaired) electrons. The topological polar surface area (TPSA) is 156 Å². The van der Waals surface area contributed by atoms with Crippen molar-refractivity contribution in [3.05, 3.63) is 53.1 Å². The van der Waals surface area contributed by atoms with Gasteiger partial charge >= 0.3 is 18.1 Å². The smallest absolute Gasteiger partial charge is 0.478 e. The lowest BCUT2D eigenvalue weighted by Crippen LogP contribution is -2.50. The molecule has 4 N–H and O–H groups in total. The summed E-state index contributed by atoms with van der Waals surface area (Å²) in [4.78, 5) is 36.7.